The van der Waals surface area contributed by atoms with Gasteiger partial charge in [0.1, 0.15) is 6.54 Å². The van der Waals surface area contributed by atoms with Crippen LogP contribution in [0.2, 0.25) is 0 Å². The van der Waals surface area contributed by atoms with Gasteiger partial charge in [0, 0.05) is 13.1 Å². The molecular weight excluding hydrogens is 250 g/mol. The summed E-state index contributed by atoms with van der Waals surface area (Å²) >= 11 is 0. The van der Waals surface area contributed by atoms with Crippen molar-refractivity contribution < 1.29 is 4.79 Å². The third kappa shape index (κ3) is 2.55. The molecule has 1 saturated heterocycles. The van der Waals surface area contributed by atoms with Crippen LogP contribution in [0.5, 0.6) is 0 Å². The molecule has 0 saturated carbocycles. The lowest BCUT2D eigenvalue weighted by molar-refractivity contribution is -0.134. The monoisotopic (exact) mass is 271 g/mol. The number of nitrogens with zero attached hydrogens (tertiary/aromatic N) is 3. The number of hydrogen-bond acceptors (Lipinski definition) is 2. The zero-order valence-corrected chi connectivity index (χ0v) is 12.1. The Morgan fingerprint density at radius 3 is 2.70 bits per heavy atom. The van der Waals surface area contributed by atoms with Gasteiger partial charge in [-0.15, -0.1) is 0 Å². The molecule has 2 atom stereocenters. The van der Waals surface area contributed by atoms with Crippen LogP contribution < -0.4 is 0 Å². The Morgan fingerprint density at radius 1 is 1.25 bits per heavy atom. The number of aromatic nitrogens is 2. The SMILES string of the molecule is C[C@@H]1C[C@@H](C)CN(C(=O)Cn2cnc3ccccc32)C1. The van der Waals surface area contributed by atoms with E-state index in [0.717, 1.165) is 24.1 Å². The molecule has 106 valence electrons. The number of piperidine rings is 1. The molecular formula is C16H21N3O. The summed E-state index contributed by atoms with van der Waals surface area (Å²) in [4.78, 5) is 18.8. The first-order valence-electron chi connectivity index (χ1n) is 7.31. The number of imidazole rings is 1. The fraction of sp³-hybridized carbons (Fsp3) is 0.500. The fourth-order valence-electron chi connectivity index (χ4n) is 3.25. The largest absolute Gasteiger partial charge is 0.341 e. The van der Waals surface area contributed by atoms with E-state index in [1.807, 2.05) is 33.7 Å². The summed E-state index contributed by atoms with van der Waals surface area (Å²) in [5.74, 6) is 1.40. The van der Waals surface area contributed by atoms with Crippen LogP contribution in [0.3, 0.4) is 0 Å². The Hall–Kier alpha value is -1.84. The molecule has 0 radical (unpaired) electrons. The molecule has 2 aromatic rings. The quantitative estimate of drug-likeness (QED) is 0.842. The molecule has 1 aromatic carbocycles. The van der Waals surface area contributed by atoms with Gasteiger partial charge in [0.2, 0.25) is 5.91 Å². The maximum absolute atomic E-state index is 12.5. The lowest BCUT2D eigenvalue weighted by Gasteiger charge is -2.35. The van der Waals surface area contributed by atoms with E-state index >= 15 is 0 Å². The Labute approximate surface area is 119 Å². The zero-order chi connectivity index (χ0) is 14.1. The molecule has 1 aliphatic heterocycles. The Morgan fingerprint density at radius 2 is 1.95 bits per heavy atom. The van der Waals surface area contributed by atoms with Crippen molar-refractivity contribution in [1.82, 2.24) is 14.5 Å². The average Bonchev–Trinajstić information content (AvgIpc) is 2.81. The molecule has 1 fully saturated rings. The smallest absolute Gasteiger partial charge is 0.242 e. The topological polar surface area (TPSA) is 38.1 Å². The van der Waals surface area contributed by atoms with E-state index < -0.39 is 0 Å². The number of benzene rings is 1. The number of carbonyl (C=O) groups is 1. The molecule has 0 N–H and O–H groups in total. The van der Waals surface area contributed by atoms with Crippen molar-refractivity contribution in [3.63, 3.8) is 0 Å². The highest BCUT2D eigenvalue weighted by molar-refractivity contribution is 5.80. The van der Waals surface area contributed by atoms with Crippen molar-refractivity contribution in [3.8, 4) is 0 Å². The molecule has 20 heavy (non-hydrogen) atoms. The first-order chi connectivity index (χ1) is 9.63. The zero-order valence-electron chi connectivity index (χ0n) is 12.1. The molecule has 0 aliphatic carbocycles. The maximum Gasteiger partial charge on any atom is 0.242 e. The highest BCUT2D eigenvalue weighted by atomic mass is 16.2. The van der Waals surface area contributed by atoms with E-state index in [-0.39, 0.29) is 5.91 Å². The third-order valence-corrected chi connectivity index (χ3v) is 4.05. The second-order valence-corrected chi connectivity index (χ2v) is 6.11. The lowest BCUT2D eigenvalue weighted by atomic mass is 9.92. The number of amides is 1. The molecule has 4 nitrogen and oxygen atoms in total. The minimum absolute atomic E-state index is 0.201. The average molecular weight is 271 g/mol. The van der Waals surface area contributed by atoms with Crippen molar-refractivity contribution in [2.45, 2.75) is 26.8 Å². The number of fused-ring (bicyclic) bond motifs is 1. The molecule has 1 amide bonds. The lowest BCUT2D eigenvalue weighted by Crippen LogP contribution is -2.43. The van der Waals surface area contributed by atoms with Crippen LogP contribution in [0.25, 0.3) is 11.0 Å². The van der Waals surface area contributed by atoms with E-state index in [1.54, 1.807) is 6.33 Å². The summed E-state index contributed by atoms with van der Waals surface area (Å²) in [6.07, 6.45) is 2.98. The van der Waals surface area contributed by atoms with Gasteiger partial charge in [-0.25, -0.2) is 4.98 Å². The standard InChI is InChI=1S/C16H21N3O/c1-12-7-13(2)9-18(8-12)16(20)10-19-11-17-14-5-3-4-6-15(14)19/h3-6,11-13H,7-10H2,1-2H3/t12-,13-/m1/s1. The summed E-state index contributed by atoms with van der Waals surface area (Å²) in [6.45, 7) is 6.61. The molecule has 4 heteroatoms. The van der Waals surface area contributed by atoms with E-state index in [0.29, 0.717) is 18.4 Å². The number of hydrogen-bond donors (Lipinski definition) is 0. The van der Waals surface area contributed by atoms with Gasteiger partial charge in [0.15, 0.2) is 0 Å². The first-order valence-corrected chi connectivity index (χ1v) is 7.31. The molecule has 1 aromatic heterocycles. The first kappa shape index (κ1) is 13.2. The second-order valence-electron chi connectivity index (χ2n) is 6.11. The van der Waals surface area contributed by atoms with Crippen molar-refractivity contribution in [1.29, 1.82) is 0 Å². The van der Waals surface area contributed by atoms with E-state index in [1.165, 1.54) is 6.42 Å². The van der Waals surface area contributed by atoms with Gasteiger partial charge in [-0.1, -0.05) is 26.0 Å². The second kappa shape index (κ2) is 5.27. The van der Waals surface area contributed by atoms with Gasteiger partial charge < -0.3 is 9.47 Å². The van der Waals surface area contributed by atoms with Crippen LogP contribution in [0.1, 0.15) is 20.3 Å². The third-order valence-electron chi connectivity index (χ3n) is 4.05. The van der Waals surface area contributed by atoms with Gasteiger partial charge in [0.05, 0.1) is 17.4 Å². The van der Waals surface area contributed by atoms with Crippen molar-refractivity contribution in [2.24, 2.45) is 11.8 Å². The Bertz CT molecular complexity index is 609. The summed E-state index contributed by atoms with van der Waals surface area (Å²) < 4.78 is 1.95. The normalized spacial score (nSPS) is 23.2. The predicted octanol–water partition coefficient (Wildman–Crippen LogP) is 2.54. The number of likely N-dealkylation sites (tertiary alicyclic amines) is 1. The van der Waals surface area contributed by atoms with E-state index in [2.05, 4.69) is 18.8 Å². The fourth-order valence-corrected chi connectivity index (χ4v) is 3.25. The molecule has 0 bridgehead atoms. The summed E-state index contributed by atoms with van der Waals surface area (Å²) in [6, 6.07) is 7.93. The Balaban J connectivity index is 1.75. The van der Waals surface area contributed by atoms with E-state index in [4.69, 9.17) is 0 Å². The van der Waals surface area contributed by atoms with Crippen molar-refractivity contribution in [3.05, 3.63) is 30.6 Å². The predicted molar refractivity (Wildman–Crippen MR) is 79.3 cm³/mol. The highest BCUT2D eigenvalue weighted by Crippen LogP contribution is 2.21. The van der Waals surface area contributed by atoms with E-state index in [9.17, 15) is 4.79 Å². The van der Waals surface area contributed by atoms with Crippen LogP contribution in [-0.4, -0.2) is 33.4 Å². The van der Waals surface area contributed by atoms with Gasteiger partial charge in [-0.2, -0.15) is 0 Å². The number of rotatable bonds is 2. The molecule has 2 heterocycles. The van der Waals surface area contributed by atoms with Crippen LogP contribution in [0.15, 0.2) is 30.6 Å². The van der Waals surface area contributed by atoms with Crippen LogP contribution in [0, 0.1) is 11.8 Å². The molecule has 0 unspecified atom stereocenters. The van der Waals surface area contributed by atoms with Crippen molar-refractivity contribution >= 4 is 16.9 Å². The maximum atomic E-state index is 12.5. The minimum Gasteiger partial charge on any atom is -0.341 e. The molecule has 1 aliphatic rings. The minimum atomic E-state index is 0.201. The van der Waals surface area contributed by atoms with Gasteiger partial charge in [0.25, 0.3) is 0 Å². The summed E-state index contributed by atoms with van der Waals surface area (Å²) in [5, 5.41) is 0. The summed E-state index contributed by atoms with van der Waals surface area (Å²) in [7, 11) is 0. The van der Waals surface area contributed by atoms with Gasteiger partial charge >= 0.3 is 0 Å². The highest BCUT2D eigenvalue weighted by Gasteiger charge is 2.25. The number of carbonyl (C=O) groups excluding carboxylic acids is 1. The van der Waals surface area contributed by atoms with Crippen LogP contribution >= 0.6 is 0 Å². The van der Waals surface area contributed by atoms with Gasteiger partial charge in [-0.05, 0) is 30.4 Å². The molecule has 0 spiro atoms. The number of para-hydroxylation sites is 2. The molecule has 3 rings (SSSR count). The van der Waals surface area contributed by atoms with Crippen LogP contribution in [-0.2, 0) is 11.3 Å². The summed E-state index contributed by atoms with van der Waals surface area (Å²) in [5.41, 5.74) is 1.97. The Kier molecular flexibility index (Phi) is 3.47. The van der Waals surface area contributed by atoms with Crippen molar-refractivity contribution in [2.75, 3.05) is 13.1 Å². The van der Waals surface area contributed by atoms with Crippen LogP contribution in [0.4, 0.5) is 0 Å². The van der Waals surface area contributed by atoms with Gasteiger partial charge in [-0.3, -0.25) is 4.79 Å².